The molecule has 94 valence electrons. The molecule has 5 nitrogen and oxygen atoms in total. The number of hydrogen-bond acceptors (Lipinski definition) is 5. The number of hydrogen-bond donors (Lipinski definition) is 0. The predicted molar refractivity (Wildman–Crippen MR) is 68.2 cm³/mol. The highest BCUT2D eigenvalue weighted by Crippen LogP contribution is 2.26. The highest BCUT2D eigenvalue weighted by atomic mass is 15.3. The average Bonchev–Trinajstić information content (AvgIpc) is 2.38. The van der Waals surface area contributed by atoms with Gasteiger partial charge in [-0.1, -0.05) is 6.42 Å². The van der Waals surface area contributed by atoms with Gasteiger partial charge in [-0.05, 0) is 18.9 Å². The Balaban J connectivity index is 1.63. The molecule has 0 bridgehead atoms. The van der Waals surface area contributed by atoms with E-state index in [9.17, 15) is 0 Å². The van der Waals surface area contributed by atoms with Gasteiger partial charge in [0.25, 0.3) is 0 Å². The Bertz CT molecular complexity index is 455. The third-order valence-corrected chi connectivity index (χ3v) is 3.95. The maximum atomic E-state index is 8.85. The number of nitrogens with zero attached hydrogens (tertiary/aromatic N) is 5. The van der Waals surface area contributed by atoms with Gasteiger partial charge < -0.3 is 4.90 Å². The Morgan fingerprint density at radius 1 is 1.22 bits per heavy atom. The molecule has 0 radical (unpaired) electrons. The zero-order valence-corrected chi connectivity index (χ0v) is 10.4. The summed E-state index contributed by atoms with van der Waals surface area (Å²) in [6.07, 6.45) is 5.78. The van der Waals surface area contributed by atoms with E-state index < -0.39 is 0 Å². The van der Waals surface area contributed by atoms with Gasteiger partial charge in [0.05, 0.1) is 0 Å². The van der Waals surface area contributed by atoms with Crippen LogP contribution < -0.4 is 4.90 Å². The summed E-state index contributed by atoms with van der Waals surface area (Å²) in [6.45, 7) is 4.10. The minimum absolute atomic E-state index is 0.446. The van der Waals surface area contributed by atoms with E-state index in [4.69, 9.17) is 5.26 Å². The molecule has 0 amide bonds. The molecule has 2 heterocycles. The van der Waals surface area contributed by atoms with Gasteiger partial charge in [0, 0.05) is 38.4 Å². The number of piperazine rings is 1. The van der Waals surface area contributed by atoms with Gasteiger partial charge in [-0.25, -0.2) is 9.97 Å². The van der Waals surface area contributed by atoms with Crippen molar-refractivity contribution in [2.24, 2.45) is 0 Å². The van der Waals surface area contributed by atoms with Crippen LogP contribution in [-0.4, -0.2) is 47.1 Å². The van der Waals surface area contributed by atoms with E-state index in [1.807, 2.05) is 0 Å². The van der Waals surface area contributed by atoms with Crippen LogP contribution in [0.4, 0.5) is 5.95 Å². The molecule has 0 spiro atoms. The van der Waals surface area contributed by atoms with Crippen molar-refractivity contribution < 1.29 is 0 Å². The van der Waals surface area contributed by atoms with Crippen molar-refractivity contribution in [3.63, 3.8) is 0 Å². The first-order valence-electron chi connectivity index (χ1n) is 6.59. The van der Waals surface area contributed by atoms with E-state index in [0.717, 1.165) is 32.2 Å². The molecule has 0 N–H and O–H groups in total. The molecule has 1 saturated carbocycles. The quantitative estimate of drug-likeness (QED) is 0.776. The summed E-state index contributed by atoms with van der Waals surface area (Å²) in [5.74, 6) is 0.697. The average molecular weight is 243 g/mol. The Morgan fingerprint density at radius 3 is 2.61 bits per heavy atom. The molecule has 0 aromatic carbocycles. The molecule has 5 heteroatoms. The van der Waals surface area contributed by atoms with Crippen molar-refractivity contribution in [2.45, 2.75) is 25.3 Å². The first-order chi connectivity index (χ1) is 8.86. The van der Waals surface area contributed by atoms with Crippen molar-refractivity contribution in [3.8, 4) is 6.07 Å². The van der Waals surface area contributed by atoms with Crippen LogP contribution in [0.2, 0.25) is 0 Å². The van der Waals surface area contributed by atoms with Gasteiger partial charge in [0.15, 0.2) is 0 Å². The van der Waals surface area contributed by atoms with Crippen LogP contribution in [0.1, 0.15) is 25.0 Å². The van der Waals surface area contributed by atoms with Crippen molar-refractivity contribution in [3.05, 3.63) is 18.0 Å². The van der Waals surface area contributed by atoms with Crippen LogP contribution in [0.3, 0.4) is 0 Å². The second-order valence-corrected chi connectivity index (χ2v) is 4.96. The second kappa shape index (κ2) is 4.91. The molecular formula is C13H17N5. The van der Waals surface area contributed by atoms with Crippen LogP contribution in [0, 0.1) is 11.3 Å². The topological polar surface area (TPSA) is 56.1 Å². The van der Waals surface area contributed by atoms with E-state index >= 15 is 0 Å². The lowest BCUT2D eigenvalue weighted by Gasteiger charge is -2.42. The molecule has 2 aliphatic rings. The fraction of sp³-hybridized carbons (Fsp3) is 0.615. The van der Waals surface area contributed by atoms with Crippen LogP contribution in [0.25, 0.3) is 0 Å². The number of aromatic nitrogens is 2. The minimum Gasteiger partial charge on any atom is -0.338 e. The zero-order valence-electron chi connectivity index (χ0n) is 10.4. The third-order valence-electron chi connectivity index (χ3n) is 3.95. The minimum atomic E-state index is 0.446. The molecular weight excluding hydrogens is 226 g/mol. The van der Waals surface area contributed by atoms with Gasteiger partial charge in [0.1, 0.15) is 11.8 Å². The van der Waals surface area contributed by atoms with Crippen molar-refractivity contribution >= 4 is 5.95 Å². The lowest BCUT2D eigenvalue weighted by molar-refractivity contribution is 0.120. The molecule has 0 unspecified atom stereocenters. The Labute approximate surface area is 107 Å². The number of rotatable bonds is 2. The highest BCUT2D eigenvalue weighted by molar-refractivity contribution is 5.34. The summed E-state index contributed by atoms with van der Waals surface area (Å²) < 4.78 is 0. The fourth-order valence-electron chi connectivity index (χ4n) is 2.60. The van der Waals surface area contributed by atoms with Crippen molar-refractivity contribution in [1.82, 2.24) is 14.9 Å². The van der Waals surface area contributed by atoms with E-state index in [0.29, 0.717) is 11.6 Å². The van der Waals surface area contributed by atoms with Crippen LogP contribution in [0.5, 0.6) is 0 Å². The van der Waals surface area contributed by atoms with Gasteiger partial charge in [0.2, 0.25) is 5.95 Å². The SMILES string of the molecule is N#Cc1ccnc(N2CCN(C3CCC3)CC2)n1. The molecule has 1 aliphatic carbocycles. The largest absolute Gasteiger partial charge is 0.338 e. The Hall–Kier alpha value is -1.67. The molecule has 1 aromatic rings. The lowest BCUT2D eigenvalue weighted by Crippen LogP contribution is -2.52. The second-order valence-electron chi connectivity index (χ2n) is 4.96. The highest BCUT2D eigenvalue weighted by Gasteiger charge is 2.28. The van der Waals surface area contributed by atoms with E-state index in [-0.39, 0.29) is 0 Å². The smallest absolute Gasteiger partial charge is 0.226 e. The fourth-order valence-corrected chi connectivity index (χ4v) is 2.60. The summed E-state index contributed by atoms with van der Waals surface area (Å²) in [7, 11) is 0. The van der Waals surface area contributed by atoms with Crippen LogP contribution >= 0.6 is 0 Å². The van der Waals surface area contributed by atoms with Crippen LogP contribution in [0.15, 0.2) is 12.3 Å². The summed E-state index contributed by atoms with van der Waals surface area (Å²) in [4.78, 5) is 13.3. The normalized spacial score (nSPS) is 21.4. The van der Waals surface area contributed by atoms with Gasteiger partial charge in [-0.15, -0.1) is 0 Å². The zero-order chi connectivity index (χ0) is 12.4. The molecule has 1 saturated heterocycles. The molecule has 3 rings (SSSR count). The first-order valence-corrected chi connectivity index (χ1v) is 6.59. The number of anilines is 1. The van der Waals surface area contributed by atoms with Crippen molar-refractivity contribution in [2.75, 3.05) is 31.1 Å². The Kier molecular flexibility index (Phi) is 3.11. The first kappa shape index (κ1) is 11.4. The number of nitriles is 1. The summed E-state index contributed by atoms with van der Waals surface area (Å²) in [5, 5.41) is 8.85. The van der Waals surface area contributed by atoms with Crippen molar-refractivity contribution in [1.29, 1.82) is 5.26 Å². The van der Waals surface area contributed by atoms with Gasteiger partial charge in [-0.2, -0.15) is 5.26 Å². The third kappa shape index (κ3) is 2.16. The lowest BCUT2D eigenvalue weighted by atomic mass is 9.91. The monoisotopic (exact) mass is 243 g/mol. The van der Waals surface area contributed by atoms with Crippen LogP contribution in [-0.2, 0) is 0 Å². The maximum Gasteiger partial charge on any atom is 0.226 e. The standard InChI is InChI=1S/C13H17N5/c14-10-11-4-5-15-13(16-11)18-8-6-17(7-9-18)12-2-1-3-12/h4-5,12H,1-3,6-9H2. The summed E-state index contributed by atoms with van der Waals surface area (Å²) in [5.41, 5.74) is 0.446. The van der Waals surface area contributed by atoms with Gasteiger partial charge in [-0.3, -0.25) is 4.90 Å². The molecule has 1 aliphatic heterocycles. The summed E-state index contributed by atoms with van der Waals surface area (Å²) in [6, 6.07) is 4.53. The predicted octanol–water partition coefficient (Wildman–Crippen LogP) is 1.02. The molecule has 2 fully saturated rings. The van der Waals surface area contributed by atoms with E-state index in [1.54, 1.807) is 12.3 Å². The van der Waals surface area contributed by atoms with E-state index in [2.05, 4.69) is 25.8 Å². The molecule has 18 heavy (non-hydrogen) atoms. The maximum absolute atomic E-state index is 8.85. The summed E-state index contributed by atoms with van der Waals surface area (Å²) >= 11 is 0. The Morgan fingerprint density at radius 2 is 2.00 bits per heavy atom. The molecule has 1 aromatic heterocycles. The molecule has 0 atom stereocenters. The van der Waals surface area contributed by atoms with E-state index in [1.165, 1.54) is 19.3 Å². The van der Waals surface area contributed by atoms with Gasteiger partial charge >= 0.3 is 0 Å².